The molecule has 94 valence electrons. The zero-order valence-electron chi connectivity index (χ0n) is 10.5. The first-order valence-corrected chi connectivity index (χ1v) is 6.42. The zero-order valence-corrected chi connectivity index (χ0v) is 10.5. The molecule has 0 amide bonds. The molecule has 1 aromatic heterocycles. The fourth-order valence-electron chi connectivity index (χ4n) is 2.44. The van der Waals surface area contributed by atoms with Gasteiger partial charge in [-0.2, -0.15) is 0 Å². The molecule has 3 heteroatoms. The molecule has 2 aromatic rings. The predicted octanol–water partition coefficient (Wildman–Crippen LogP) is 2.83. The monoisotopic (exact) mass is 243 g/mol. The van der Waals surface area contributed by atoms with Crippen LogP contribution < -0.4 is 10.7 Å². The van der Waals surface area contributed by atoms with Crippen LogP contribution in [-0.4, -0.2) is 5.54 Å². The van der Waals surface area contributed by atoms with Crippen LogP contribution in [0, 0.1) is 0 Å². The minimum absolute atomic E-state index is 0.0213. The van der Waals surface area contributed by atoms with Gasteiger partial charge in [0.15, 0.2) is 5.43 Å². The zero-order chi connectivity index (χ0) is 12.6. The largest absolute Gasteiger partial charge is 0.464 e. The Morgan fingerprint density at radius 2 is 2.17 bits per heavy atom. The van der Waals surface area contributed by atoms with E-state index in [0.717, 1.165) is 12.1 Å². The number of hydrogen-bond acceptors (Lipinski definition) is 3. The van der Waals surface area contributed by atoms with Gasteiger partial charge in [0.05, 0.1) is 11.6 Å². The normalized spacial score (nSPS) is 17.6. The topological polar surface area (TPSA) is 42.2 Å². The summed E-state index contributed by atoms with van der Waals surface area (Å²) >= 11 is 0. The van der Waals surface area contributed by atoms with Crippen molar-refractivity contribution in [3.8, 4) is 0 Å². The van der Waals surface area contributed by atoms with E-state index in [4.69, 9.17) is 4.42 Å². The molecule has 0 bridgehead atoms. The number of fused-ring (bicyclic) bond motifs is 1. The highest BCUT2D eigenvalue weighted by atomic mass is 16.3. The molecule has 3 rings (SSSR count). The Morgan fingerprint density at radius 3 is 2.89 bits per heavy atom. The van der Waals surface area contributed by atoms with Crippen molar-refractivity contribution in [2.75, 3.05) is 0 Å². The summed E-state index contributed by atoms with van der Waals surface area (Å²) in [6.07, 6.45) is 5.23. The number of nitrogens with one attached hydrogen (secondary N) is 1. The summed E-state index contributed by atoms with van der Waals surface area (Å²) in [6.45, 7) is 3.06. The average Bonchev–Trinajstić information content (AvgIpc) is 2.35. The van der Waals surface area contributed by atoms with Gasteiger partial charge < -0.3 is 9.73 Å². The van der Waals surface area contributed by atoms with Crippen LogP contribution in [0.2, 0.25) is 0 Å². The lowest BCUT2D eigenvalue weighted by molar-refractivity contribution is 0.207. The Kier molecular flexibility index (Phi) is 2.71. The van der Waals surface area contributed by atoms with Gasteiger partial charge in [0.2, 0.25) is 0 Å². The highest BCUT2D eigenvalue weighted by Gasteiger charge is 2.30. The molecule has 0 unspecified atom stereocenters. The second-order valence-corrected chi connectivity index (χ2v) is 5.38. The lowest BCUT2D eigenvalue weighted by Crippen LogP contribution is -2.47. The fourth-order valence-corrected chi connectivity index (χ4v) is 2.44. The predicted molar refractivity (Wildman–Crippen MR) is 71.6 cm³/mol. The minimum Gasteiger partial charge on any atom is -0.464 e. The summed E-state index contributed by atoms with van der Waals surface area (Å²) < 4.78 is 5.30. The van der Waals surface area contributed by atoms with E-state index in [9.17, 15) is 4.79 Å². The summed E-state index contributed by atoms with van der Waals surface area (Å²) in [6, 6.07) is 7.28. The van der Waals surface area contributed by atoms with Gasteiger partial charge in [-0.05, 0) is 43.9 Å². The van der Waals surface area contributed by atoms with Gasteiger partial charge in [-0.25, -0.2) is 0 Å². The van der Waals surface area contributed by atoms with Crippen molar-refractivity contribution >= 4 is 11.0 Å². The quantitative estimate of drug-likeness (QED) is 0.901. The van der Waals surface area contributed by atoms with Crippen LogP contribution in [0.25, 0.3) is 11.0 Å². The molecule has 0 spiro atoms. The SMILES string of the molecule is CC1(NCc2ccc3occc(=O)c3c2)CCC1. The van der Waals surface area contributed by atoms with Gasteiger partial charge in [-0.1, -0.05) is 6.07 Å². The number of rotatable bonds is 3. The minimum atomic E-state index is 0.0213. The van der Waals surface area contributed by atoms with E-state index in [1.54, 1.807) is 0 Å². The number of benzene rings is 1. The molecule has 1 N–H and O–H groups in total. The van der Waals surface area contributed by atoms with Gasteiger partial charge in [0.25, 0.3) is 0 Å². The maximum absolute atomic E-state index is 11.7. The van der Waals surface area contributed by atoms with E-state index in [0.29, 0.717) is 11.0 Å². The molecule has 1 heterocycles. The van der Waals surface area contributed by atoms with E-state index in [-0.39, 0.29) is 11.0 Å². The fraction of sp³-hybridized carbons (Fsp3) is 0.400. The summed E-state index contributed by atoms with van der Waals surface area (Å²) in [7, 11) is 0. The van der Waals surface area contributed by atoms with E-state index < -0.39 is 0 Å². The van der Waals surface area contributed by atoms with Gasteiger partial charge >= 0.3 is 0 Å². The van der Waals surface area contributed by atoms with E-state index in [1.165, 1.54) is 31.6 Å². The molecule has 0 saturated heterocycles. The molecule has 18 heavy (non-hydrogen) atoms. The average molecular weight is 243 g/mol. The molecule has 0 aliphatic heterocycles. The Morgan fingerprint density at radius 1 is 1.33 bits per heavy atom. The molecular formula is C15H17NO2. The third-order valence-corrected chi connectivity index (χ3v) is 3.90. The van der Waals surface area contributed by atoms with Crippen molar-refractivity contribution < 1.29 is 4.42 Å². The molecule has 1 aliphatic carbocycles. The van der Waals surface area contributed by atoms with Gasteiger partial charge in [-0.3, -0.25) is 4.79 Å². The van der Waals surface area contributed by atoms with Crippen LogP contribution >= 0.6 is 0 Å². The molecule has 0 radical (unpaired) electrons. The van der Waals surface area contributed by atoms with Crippen LogP contribution in [0.4, 0.5) is 0 Å². The van der Waals surface area contributed by atoms with Gasteiger partial charge in [-0.15, -0.1) is 0 Å². The third-order valence-electron chi connectivity index (χ3n) is 3.90. The van der Waals surface area contributed by atoms with Crippen LogP contribution in [-0.2, 0) is 6.54 Å². The van der Waals surface area contributed by atoms with Crippen molar-refractivity contribution in [1.82, 2.24) is 5.32 Å². The van der Waals surface area contributed by atoms with Gasteiger partial charge in [0.1, 0.15) is 5.58 Å². The molecule has 1 aromatic carbocycles. The highest BCUT2D eigenvalue weighted by Crippen LogP contribution is 2.31. The Balaban J connectivity index is 1.84. The van der Waals surface area contributed by atoms with Crippen molar-refractivity contribution in [2.45, 2.75) is 38.3 Å². The summed E-state index contributed by atoms with van der Waals surface area (Å²) in [4.78, 5) is 11.7. The molecular weight excluding hydrogens is 226 g/mol. The first-order valence-electron chi connectivity index (χ1n) is 6.42. The van der Waals surface area contributed by atoms with Crippen LogP contribution in [0.1, 0.15) is 31.7 Å². The second-order valence-electron chi connectivity index (χ2n) is 5.38. The van der Waals surface area contributed by atoms with Crippen molar-refractivity contribution in [1.29, 1.82) is 0 Å². The maximum atomic E-state index is 11.7. The Hall–Kier alpha value is -1.61. The van der Waals surface area contributed by atoms with Crippen LogP contribution in [0.5, 0.6) is 0 Å². The summed E-state index contributed by atoms with van der Waals surface area (Å²) in [5, 5.41) is 4.23. The molecule has 3 nitrogen and oxygen atoms in total. The Labute approximate surface area is 106 Å². The molecule has 0 atom stereocenters. The second kappa shape index (κ2) is 4.25. The molecule has 1 saturated carbocycles. The first-order chi connectivity index (χ1) is 8.66. The number of hydrogen-bond donors (Lipinski definition) is 1. The van der Waals surface area contributed by atoms with Crippen LogP contribution in [0.15, 0.2) is 39.7 Å². The van der Waals surface area contributed by atoms with Gasteiger partial charge in [0, 0.05) is 18.2 Å². The highest BCUT2D eigenvalue weighted by molar-refractivity contribution is 5.76. The first kappa shape index (κ1) is 11.5. The van der Waals surface area contributed by atoms with E-state index >= 15 is 0 Å². The summed E-state index contributed by atoms with van der Waals surface area (Å²) in [5.74, 6) is 0. The smallest absolute Gasteiger partial charge is 0.192 e. The Bertz CT molecular complexity index is 626. The molecule has 1 fully saturated rings. The summed E-state index contributed by atoms with van der Waals surface area (Å²) in [5.41, 5.74) is 2.10. The van der Waals surface area contributed by atoms with Crippen LogP contribution in [0.3, 0.4) is 0 Å². The third kappa shape index (κ3) is 2.06. The molecule has 1 aliphatic rings. The van der Waals surface area contributed by atoms with Crippen molar-refractivity contribution in [3.05, 3.63) is 46.3 Å². The standard InChI is InChI=1S/C15H17NO2/c1-15(6-2-7-15)16-10-11-3-4-14-12(9-11)13(17)5-8-18-14/h3-5,8-9,16H,2,6-7,10H2,1H3. The lowest BCUT2D eigenvalue weighted by atomic mass is 9.78. The van der Waals surface area contributed by atoms with E-state index in [2.05, 4.69) is 12.2 Å². The van der Waals surface area contributed by atoms with Crippen molar-refractivity contribution in [2.24, 2.45) is 0 Å². The van der Waals surface area contributed by atoms with E-state index in [1.807, 2.05) is 18.2 Å². The van der Waals surface area contributed by atoms with Crippen molar-refractivity contribution in [3.63, 3.8) is 0 Å². The maximum Gasteiger partial charge on any atom is 0.192 e. The lowest BCUT2D eigenvalue weighted by Gasteiger charge is -2.39.